The fraction of sp³-hybridized carbons (Fsp3) is 0.176. The summed E-state index contributed by atoms with van der Waals surface area (Å²) in [4.78, 5) is 26.5. The second kappa shape index (κ2) is 8.15. The number of aryl methyl sites for hydroxylation is 1. The molecule has 1 fully saturated rings. The first kappa shape index (κ1) is 18.8. The van der Waals surface area contributed by atoms with E-state index in [1.54, 1.807) is 19.1 Å². The van der Waals surface area contributed by atoms with Gasteiger partial charge in [-0.15, -0.1) is 0 Å². The van der Waals surface area contributed by atoms with E-state index in [4.69, 9.17) is 16.7 Å². The first-order valence-corrected chi connectivity index (χ1v) is 9.68. The molecule has 6 nitrogen and oxygen atoms in total. The molecule has 1 aliphatic heterocycles. The summed E-state index contributed by atoms with van der Waals surface area (Å²) in [6.45, 7) is 1.95. The number of rotatable bonds is 5. The predicted molar refractivity (Wildman–Crippen MR) is 109 cm³/mol. The first-order chi connectivity index (χ1) is 12.4. The zero-order valence-corrected chi connectivity index (χ0v) is 16.9. The van der Waals surface area contributed by atoms with E-state index >= 15 is 0 Å². The molecule has 0 saturated carbocycles. The van der Waals surface area contributed by atoms with Gasteiger partial charge in [0.1, 0.15) is 10.1 Å². The number of aromatic nitrogens is 1. The van der Waals surface area contributed by atoms with Crippen molar-refractivity contribution in [2.24, 2.45) is 0 Å². The fourth-order valence-electron chi connectivity index (χ4n) is 2.28. The topological polar surface area (TPSA) is 75.4 Å². The maximum Gasteiger partial charge on any atom is 0.266 e. The van der Waals surface area contributed by atoms with Gasteiger partial charge in [-0.25, -0.2) is 0 Å². The average molecular weight is 452 g/mol. The highest BCUT2D eigenvalue weighted by Crippen LogP contribution is 2.32. The van der Waals surface area contributed by atoms with Crippen LogP contribution in [0.4, 0.5) is 5.82 Å². The molecule has 0 unspecified atom stereocenters. The van der Waals surface area contributed by atoms with Gasteiger partial charge in [0, 0.05) is 23.5 Å². The minimum Gasteiger partial charge on any atom is -0.360 e. The lowest BCUT2D eigenvalue weighted by Crippen LogP contribution is -2.31. The number of amides is 2. The van der Waals surface area contributed by atoms with Crippen LogP contribution in [0, 0.1) is 6.92 Å². The number of carbonyl (C=O) groups excluding carboxylic acids is 2. The SMILES string of the molecule is Cc1cc(NC(=O)CCN2C(=O)C(=Cc3cccc(Br)c3)SC2=S)no1. The Hall–Kier alpha value is -1.97. The summed E-state index contributed by atoms with van der Waals surface area (Å²) in [5, 5.41) is 6.32. The number of hydrogen-bond acceptors (Lipinski definition) is 6. The second-order valence-electron chi connectivity index (χ2n) is 5.51. The van der Waals surface area contributed by atoms with Crippen molar-refractivity contribution in [1.82, 2.24) is 10.1 Å². The van der Waals surface area contributed by atoms with Crippen molar-refractivity contribution in [2.75, 3.05) is 11.9 Å². The lowest BCUT2D eigenvalue weighted by molar-refractivity contribution is -0.122. The molecule has 2 heterocycles. The number of hydrogen-bond donors (Lipinski definition) is 1. The van der Waals surface area contributed by atoms with Crippen LogP contribution >= 0.6 is 39.9 Å². The molecule has 0 bridgehead atoms. The van der Waals surface area contributed by atoms with Crippen LogP contribution in [0.5, 0.6) is 0 Å². The van der Waals surface area contributed by atoms with Crippen molar-refractivity contribution in [2.45, 2.75) is 13.3 Å². The normalized spacial score (nSPS) is 15.8. The van der Waals surface area contributed by atoms with Gasteiger partial charge in [-0.1, -0.05) is 57.2 Å². The van der Waals surface area contributed by atoms with Crippen LogP contribution in [0.3, 0.4) is 0 Å². The lowest BCUT2D eigenvalue weighted by Gasteiger charge is -2.13. The largest absolute Gasteiger partial charge is 0.360 e. The molecule has 2 aromatic rings. The molecule has 0 atom stereocenters. The van der Waals surface area contributed by atoms with Gasteiger partial charge in [0.25, 0.3) is 5.91 Å². The summed E-state index contributed by atoms with van der Waals surface area (Å²) in [7, 11) is 0. The first-order valence-electron chi connectivity index (χ1n) is 7.66. The molecule has 1 saturated heterocycles. The molecule has 3 rings (SSSR count). The van der Waals surface area contributed by atoms with E-state index in [0.717, 1.165) is 10.0 Å². The van der Waals surface area contributed by atoms with Crippen LogP contribution in [0.2, 0.25) is 0 Å². The van der Waals surface area contributed by atoms with Gasteiger partial charge in [0.2, 0.25) is 5.91 Å². The Bertz CT molecular complexity index is 910. The zero-order valence-electron chi connectivity index (χ0n) is 13.7. The van der Waals surface area contributed by atoms with E-state index in [1.165, 1.54) is 16.7 Å². The number of halogens is 1. The van der Waals surface area contributed by atoms with Crippen molar-refractivity contribution in [3.8, 4) is 0 Å². The molecule has 1 aromatic heterocycles. The molecule has 0 spiro atoms. The summed E-state index contributed by atoms with van der Waals surface area (Å²) < 4.78 is 6.27. The molecular weight excluding hydrogens is 438 g/mol. The highest BCUT2D eigenvalue weighted by molar-refractivity contribution is 9.10. The Morgan fingerprint density at radius 2 is 2.27 bits per heavy atom. The molecule has 1 aliphatic rings. The van der Waals surface area contributed by atoms with Gasteiger partial charge in [0.05, 0.1) is 4.91 Å². The molecule has 0 aliphatic carbocycles. The monoisotopic (exact) mass is 451 g/mol. The molecule has 1 aromatic carbocycles. The number of thiocarbonyl (C=S) groups is 1. The maximum atomic E-state index is 12.6. The Labute approximate surface area is 168 Å². The van der Waals surface area contributed by atoms with E-state index < -0.39 is 0 Å². The van der Waals surface area contributed by atoms with Crippen molar-refractivity contribution in [1.29, 1.82) is 0 Å². The number of thioether (sulfide) groups is 1. The lowest BCUT2D eigenvalue weighted by atomic mass is 10.2. The fourth-order valence-corrected chi connectivity index (χ4v) is 4.01. The standard InChI is InChI=1S/C17H14BrN3O3S2/c1-10-7-14(20-24-10)19-15(22)5-6-21-16(23)13(26-17(21)25)9-11-3-2-4-12(18)8-11/h2-4,7-9H,5-6H2,1H3,(H,19,20,22). The average Bonchev–Trinajstić information content (AvgIpc) is 3.09. The van der Waals surface area contributed by atoms with Crippen molar-refractivity contribution < 1.29 is 14.1 Å². The van der Waals surface area contributed by atoms with Gasteiger partial charge in [-0.05, 0) is 30.7 Å². The number of nitrogens with zero attached hydrogens (tertiary/aromatic N) is 2. The molecule has 26 heavy (non-hydrogen) atoms. The number of benzene rings is 1. The summed E-state index contributed by atoms with van der Waals surface area (Å²) in [5.41, 5.74) is 0.902. The summed E-state index contributed by atoms with van der Waals surface area (Å²) >= 11 is 9.92. The van der Waals surface area contributed by atoms with Crippen LogP contribution < -0.4 is 5.32 Å². The highest BCUT2D eigenvalue weighted by Gasteiger charge is 2.32. The van der Waals surface area contributed by atoms with Crippen LogP contribution in [-0.4, -0.2) is 32.7 Å². The predicted octanol–water partition coefficient (Wildman–Crippen LogP) is 3.98. The highest BCUT2D eigenvalue weighted by atomic mass is 79.9. The summed E-state index contributed by atoms with van der Waals surface area (Å²) in [5.74, 6) is 0.510. The van der Waals surface area contributed by atoms with Gasteiger partial charge in [-0.3, -0.25) is 14.5 Å². The molecule has 9 heteroatoms. The van der Waals surface area contributed by atoms with E-state index in [1.807, 2.05) is 24.3 Å². The van der Waals surface area contributed by atoms with E-state index in [-0.39, 0.29) is 24.8 Å². The zero-order chi connectivity index (χ0) is 18.7. The van der Waals surface area contributed by atoms with Gasteiger partial charge in [-0.2, -0.15) is 0 Å². The van der Waals surface area contributed by atoms with Crippen molar-refractivity contribution >= 4 is 67.9 Å². The number of carbonyl (C=O) groups is 2. The Balaban J connectivity index is 1.61. The number of nitrogens with one attached hydrogen (secondary N) is 1. The number of anilines is 1. The minimum atomic E-state index is -0.261. The maximum absolute atomic E-state index is 12.6. The summed E-state index contributed by atoms with van der Waals surface area (Å²) in [6.07, 6.45) is 1.91. The third-order valence-electron chi connectivity index (χ3n) is 3.48. The quantitative estimate of drug-likeness (QED) is 0.547. The Morgan fingerprint density at radius 1 is 1.46 bits per heavy atom. The molecule has 134 valence electrons. The van der Waals surface area contributed by atoms with Crippen LogP contribution in [0.15, 0.2) is 44.2 Å². The summed E-state index contributed by atoms with van der Waals surface area (Å²) in [6, 6.07) is 9.26. The molecule has 1 N–H and O–H groups in total. The third-order valence-corrected chi connectivity index (χ3v) is 5.35. The molecule has 2 amide bonds. The van der Waals surface area contributed by atoms with Crippen LogP contribution in [-0.2, 0) is 9.59 Å². The van der Waals surface area contributed by atoms with E-state index in [2.05, 4.69) is 26.4 Å². The van der Waals surface area contributed by atoms with Crippen LogP contribution in [0.25, 0.3) is 6.08 Å². The molecule has 0 radical (unpaired) electrons. The second-order valence-corrected chi connectivity index (χ2v) is 8.10. The van der Waals surface area contributed by atoms with Crippen molar-refractivity contribution in [3.05, 3.63) is 51.0 Å². The smallest absolute Gasteiger partial charge is 0.266 e. The van der Waals surface area contributed by atoms with Crippen LogP contribution in [0.1, 0.15) is 17.7 Å². The third kappa shape index (κ3) is 4.60. The van der Waals surface area contributed by atoms with Gasteiger partial charge in [0.15, 0.2) is 5.82 Å². The van der Waals surface area contributed by atoms with Gasteiger partial charge >= 0.3 is 0 Å². The van der Waals surface area contributed by atoms with Crippen molar-refractivity contribution in [3.63, 3.8) is 0 Å². The molecular formula is C17H14BrN3O3S2. The Kier molecular flexibility index (Phi) is 5.90. The van der Waals surface area contributed by atoms with Gasteiger partial charge < -0.3 is 9.84 Å². The van der Waals surface area contributed by atoms with E-state index in [0.29, 0.717) is 20.8 Å². The Morgan fingerprint density at radius 3 is 2.96 bits per heavy atom. The minimum absolute atomic E-state index is 0.114. The van der Waals surface area contributed by atoms with E-state index in [9.17, 15) is 9.59 Å².